The number of rotatable bonds is 9. The molecule has 1 unspecified atom stereocenters. The molecule has 2 aliphatic rings. The van der Waals surface area contributed by atoms with Crippen LogP contribution in [0, 0.1) is 23.7 Å². The van der Waals surface area contributed by atoms with E-state index in [1.165, 1.54) is 18.7 Å². The molecule has 1 fully saturated rings. The second kappa shape index (κ2) is 17.9. The number of nitrogens with one attached hydrogen (secondary N) is 2. The molecule has 2 N–H and O–H groups in total. The maximum absolute atomic E-state index is 13.7. The van der Waals surface area contributed by atoms with Crippen LogP contribution in [0.5, 0.6) is 5.75 Å². The minimum absolute atomic E-state index is 0.0459. The third-order valence-corrected chi connectivity index (χ3v) is 10.1. The number of methoxy groups -OCH3 is 1. The standard InChI is InChI=1S/C38H48Cl2N2O7/c1-22(2)17-34-38(46)48-32(24(4)28-14-15-29(28)27-12-9-25(20-39)10-13-27)7-6-8-35(43)42-31(36(44)41-21-23(3)37(45)49-34)19-26-11-16-33(47-5)30(40)18-26/h6,8-13,16,18,22-24,28-29,31-32,34H,7,14-15,17,19-21H2,1-5H3,(H,41,44)(H,42,43)/b8-6+/t23-,24-,28?,29-,31-,32+,34+/m1/s1. The monoisotopic (exact) mass is 714 g/mol. The molecule has 49 heavy (non-hydrogen) atoms. The molecule has 0 aromatic heterocycles. The fourth-order valence-corrected chi connectivity index (χ4v) is 6.90. The molecule has 9 nitrogen and oxygen atoms in total. The number of halogens is 2. The van der Waals surface area contributed by atoms with E-state index in [0.717, 1.165) is 18.4 Å². The van der Waals surface area contributed by atoms with Crippen molar-refractivity contribution < 1.29 is 33.4 Å². The number of carbonyl (C=O) groups is 4. The van der Waals surface area contributed by atoms with Crippen LogP contribution in [-0.2, 0) is 41.0 Å². The summed E-state index contributed by atoms with van der Waals surface area (Å²) in [7, 11) is 1.51. The smallest absolute Gasteiger partial charge is 0.347 e. The summed E-state index contributed by atoms with van der Waals surface area (Å²) in [5.41, 5.74) is 2.98. The normalized spacial score (nSPS) is 26.9. The second-order valence-corrected chi connectivity index (χ2v) is 14.3. The van der Waals surface area contributed by atoms with Gasteiger partial charge in [0.1, 0.15) is 17.9 Å². The highest BCUT2D eigenvalue weighted by Crippen LogP contribution is 2.48. The molecular formula is C38H48Cl2N2O7. The summed E-state index contributed by atoms with van der Waals surface area (Å²) in [6.07, 6.45) is 4.04. The topological polar surface area (TPSA) is 120 Å². The summed E-state index contributed by atoms with van der Waals surface area (Å²) in [5.74, 6) is -1.49. The molecule has 1 aliphatic heterocycles. The number of alkyl halides is 1. The molecule has 266 valence electrons. The highest BCUT2D eigenvalue weighted by molar-refractivity contribution is 6.32. The summed E-state index contributed by atoms with van der Waals surface area (Å²) in [4.78, 5) is 53.4. The average Bonchev–Trinajstić information content (AvgIpc) is 3.05. The van der Waals surface area contributed by atoms with E-state index in [4.69, 9.17) is 37.4 Å². The van der Waals surface area contributed by atoms with Crippen molar-refractivity contribution in [3.63, 3.8) is 0 Å². The van der Waals surface area contributed by atoms with Crippen LogP contribution in [0.3, 0.4) is 0 Å². The van der Waals surface area contributed by atoms with Crippen LogP contribution < -0.4 is 15.4 Å². The van der Waals surface area contributed by atoms with E-state index in [9.17, 15) is 19.2 Å². The molecule has 11 heteroatoms. The summed E-state index contributed by atoms with van der Waals surface area (Å²) >= 11 is 12.3. The molecule has 0 radical (unpaired) electrons. The number of ether oxygens (including phenoxy) is 3. The van der Waals surface area contributed by atoms with Gasteiger partial charge in [0.05, 0.1) is 18.1 Å². The average molecular weight is 716 g/mol. The van der Waals surface area contributed by atoms with E-state index < -0.39 is 47.9 Å². The van der Waals surface area contributed by atoms with Gasteiger partial charge in [-0.1, -0.05) is 75.7 Å². The van der Waals surface area contributed by atoms with Crippen LogP contribution in [0.2, 0.25) is 5.02 Å². The molecule has 1 saturated carbocycles. The molecule has 2 aromatic carbocycles. The predicted molar refractivity (Wildman–Crippen MR) is 189 cm³/mol. The van der Waals surface area contributed by atoms with Crippen LogP contribution in [0.4, 0.5) is 0 Å². The van der Waals surface area contributed by atoms with Crippen LogP contribution in [-0.4, -0.2) is 55.7 Å². The van der Waals surface area contributed by atoms with Gasteiger partial charge in [-0.2, -0.15) is 0 Å². The SMILES string of the molecule is COc1ccc(C[C@H]2NC(=O)/C=C/C[C@@H]([C@H](C)C3CC[C@@H]3c3ccc(CCl)cc3)OC(=O)[C@H](CC(C)C)OC(=O)[C@H](C)CNC2=O)cc1Cl. The Morgan fingerprint density at radius 1 is 0.959 bits per heavy atom. The van der Waals surface area contributed by atoms with E-state index in [2.05, 4.69) is 29.7 Å². The quantitative estimate of drug-likeness (QED) is 0.224. The van der Waals surface area contributed by atoms with Crippen LogP contribution in [0.15, 0.2) is 54.6 Å². The Kier molecular flexibility index (Phi) is 14.0. The number of benzene rings is 2. The highest BCUT2D eigenvalue weighted by Gasteiger charge is 2.41. The van der Waals surface area contributed by atoms with Crippen molar-refractivity contribution in [3.05, 3.63) is 76.3 Å². The molecule has 0 bridgehead atoms. The summed E-state index contributed by atoms with van der Waals surface area (Å²) in [6.45, 7) is 7.51. The zero-order valence-electron chi connectivity index (χ0n) is 28.9. The van der Waals surface area contributed by atoms with Gasteiger partial charge in [0.2, 0.25) is 11.8 Å². The Hall–Kier alpha value is -3.56. The Labute approximate surface area is 299 Å². The molecule has 1 heterocycles. The van der Waals surface area contributed by atoms with Crippen LogP contribution in [0.25, 0.3) is 0 Å². The van der Waals surface area contributed by atoms with Crippen molar-refractivity contribution in [1.29, 1.82) is 0 Å². The number of cyclic esters (lactones) is 2. The van der Waals surface area contributed by atoms with Crippen molar-refractivity contribution in [2.75, 3.05) is 13.7 Å². The summed E-state index contributed by atoms with van der Waals surface area (Å²) in [6, 6.07) is 12.5. The lowest BCUT2D eigenvalue weighted by Crippen LogP contribution is -2.49. The van der Waals surface area contributed by atoms with Crippen molar-refractivity contribution in [1.82, 2.24) is 10.6 Å². The van der Waals surface area contributed by atoms with Gasteiger partial charge < -0.3 is 24.8 Å². The highest BCUT2D eigenvalue weighted by atomic mass is 35.5. The van der Waals surface area contributed by atoms with Crippen molar-refractivity contribution >= 4 is 47.0 Å². The molecule has 2 amide bonds. The number of carbonyl (C=O) groups excluding carboxylic acids is 4. The Morgan fingerprint density at radius 2 is 1.67 bits per heavy atom. The van der Waals surface area contributed by atoms with Gasteiger partial charge in [0.15, 0.2) is 6.10 Å². The minimum Gasteiger partial charge on any atom is -0.495 e. The third kappa shape index (κ3) is 10.5. The van der Waals surface area contributed by atoms with Gasteiger partial charge in [0.25, 0.3) is 0 Å². The fraction of sp³-hybridized carbons (Fsp3) is 0.526. The van der Waals surface area contributed by atoms with E-state index in [1.54, 1.807) is 31.2 Å². The van der Waals surface area contributed by atoms with Gasteiger partial charge in [-0.05, 0) is 77.8 Å². The van der Waals surface area contributed by atoms with Crippen molar-refractivity contribution in [2.45, 2.75) is 89.8 Å². The molecule has 7 atom stereocenters. The molecule has 0 saturated heterocycles. The first-order valence-electron chi connectivity index (χ1n) is 17.0. The second-order valence-electron chi connectivity index (χ2n) is 13.6. The zero-order valence-corrected chi connectivity index (χ0v) is 30.4. The first-order chi connectivity index (χ1) is 23.4. The third-order valence-electron chi connectivity index (χ3n) is 9.54. The fourth-order valence-electron chi connectivity index (χ4n) is 6.44. The van der Waals surface area contributed by atoms with Crippen molar-refractivity contribution in [2.24, 2.45) is 23.7 Å². The molecular weight excluding hydrogens is 667 g/mol. The van der Waals surface area contributed by atoms with Gasteiger partial charge in [-0.25, -0.2) is 4.79 Å². The molecule has 4 rings (SSSR count). The minimum atomic E-state index is -1.10. The largest absolute Gasteiger partial charge is 0.495 e. The van der Waals surface area contributed by atoms with E-state index >= 15 is 0 Å². The first-order valence-corrected chi connectivity index (χ1v) is 17.9. The zero-order chi connectivity index (χ0) is 35.7. The maximum atomic E-state index is 13.7. The van der Waals surface area contributed by atoms with Gasteiger partial charge in [-0.15, -0.1) is 11.6 Å². The van der Waals surface area contributed by atoms with E-state index in [-0.39, 0.29) is 43.6 Å². The van der Waals surface area contributed by atoms with Gasteiger partial charge in [-0.3, -0.25) is 14.4 Å². The first kappa shape index (κ1) is 38.2. The Bertz CT molecular complexity index is 1500. The predicted octanol–water partition coefficient (Wildman–Crippen LogP) is 6.53. The van der Waals surface area contributed by atoms with Gasteiger partial charge in [0, 0.05) is 25.3 Å². The number of amides is 2. The van der Waals surface area contributed by atoms with Gasteiger partial charge >= 0.3 is 11.9 Å². The van der Waals surface area contributed by atoms with Crippen LogP contribution >= 0.6 is 23.2 Å². The number of hydrogen-bond donors (Lipinski definition) is 2. The van der Waals surface area contributed by atoms with E-state index in [1.807, 2.05) is 26.0 Å². The maximum Gasteiger partial charge on any atom is 0.347 e. The molecule has 1 aliphatic carbocycles. The lowest BCUT2D eigenvalue weighted by molar-refractivity contribution is -0.177. The van der Waals surface area contributed by atoms with Crippen LogP contribution in [0.1, 0.15) is 76.0 Å². The number of esters is 2. The molecule has 2 aromatic rings. The lowest BCUT2D eigenvalue weighted by Gasteiger charge is -2.43. The van der Waals surface area contributed by atoms with E-state index in [0.29, 0.717) is 28.1 Å². The summed E-state index contributed by atoms with van der Waals surface area (Å²) in [5, 5.41) is 5.92. The molecule has 0 spiro atoms. The van der Waals surface area contributed by atoms with Crippen molar-refractivity contribution in [3.8, 4) is 5.75 Å². The Balaban J connectivity index is 1.60. The summed E-state index contributed by atoms with van der Waals surface area (Å²) < 4.78 is 17.1. The number of hydrogen-bond acceptors (Lipinski definition) is 7. The Morgan fingerprint density at radius 3 is 2.29 bits per heavy atom. The lowest BCUT2D eigenvalue weighted by atomic mass is 9.63.